The van der Waals surface area contributed by atoms with Crippen LogP contribution in [0, 0.1) is 0 Å². The molecule has 1 heterocycles. The van der Waals surface area contributed by atoms with Gasteiger partial charge in [0.15, 0.2) is 0 Å². The van der Waals surface area contributed by atoms with E-state index in [-0.39, 0.29) is 5.91 Å². The Balaban J connectivity index is 2.35. The zero-order chi connectivity index (χ0) is 11.3. The first-order valence-corrected chi connectivity index (χ1v) is 5.44. The Morgan fingerprint density at radius 1 is 1.40 bits per heavy atom. The molecule has 5 heteroatoms. The number of carbonyl (C=O) groups is 1. The molecule has 0 aromatic rings. The Morgan fingerprint density at radius 3 is 2.47 bits per heavy atom. The van der Waals surface area contributed by atoms with Crippen LogP contribution in [0.15, 0.2) is 0 Å². The third kappa shape index (κ3) is 3.44. The van der Waals surface area contributed by atoms with Gasteiger partial charge in [-0.05, 0) is 6.54 Å². The molecule has 0 aliphatic carbocycles. The van der Waals surface area contributed by atoms with Crippen LogP contribution in [0.1, 0.15) is 6.92 Å². The van der Waals surface area contributed by atoms with Gasteiger partial charge < -0.3 is 20.3 Å². The van der Waals surface area contributed by atoms with E-state index in [4.69, 9.17) is 10.5 Å². The number of rotatable bonds is 4. The fourth-order valence-corrected chi connectivity index (χ4v) is 1.77. The number of likely N-dealkylation sites (N-methyl/N-ethyl adjacent to an activating group) is 1. The average molecular weight is 215 g/mol. The van der Waals surface area contributed by atoms with Crippen molar-refractivity contribution in [2.24, 2.45) is 5.73 Å². The van der Waals surface area contributed by atoms with Gasteiger partial charge >= 0.3 is 0 Å². The molecule has 0 bridgehead atoms. The van der Waals surface area contributed by atoms with Crippen molar-refractivity contribution in [3.05, 3.63) is 0 Å². The topological polar surface area (TPSA) is 58.8 Å². The van der Waals surface area contributed by atoms with Gasteiger partial charge in [0.25, 0.3) is 0 Å². The fraction of sp³-hybridized carbons (Fsp3) is 0.900. The minimum absolute atomic E-state index is 0.00704. The molecule has 5 nitrogen and oxygen atoms in total. The second kappa shape index (κ2) is 6.05. The van der Waals surface area contributed by atoms with Crippen LogP contribution in [0.2, 0.25) is 0 Å². The van der Waals surface area contributed by atoms with E-state index in [1.165, 1.54) is 0 Å². The molecule has 15 heavy (non-hydrogen) atoms. The molecule has 0 aromatic carbocycles. The fourth-order valence-electron chi connectivity index (χ4n) is 1.77. The number of hydrogen-bond donors (Lipinski definition) is 1. The number of methoxy groups -OCH3 is 1. The largest absolute Gasteiger partial charge is 0.383 e. The van der Waals surface area contributed by atoms with Gasteiger partial charge in [-0.1, -0.05) is 6.92 Å². The van der Waals surface area contributed by atoms with E-state index in [0.717, 1.165) is 32.7 Å². The zero-order valence-electron chi connectivity index (χ0n) is 9.61. The van der Waals surface area contributed by atoms with Crippen molar-refractivity contribution in [2.45, 2.75) is 13.0 Å². The molecule has 0 spiro atoms. The molecule has 0 radical (unpaired) electrons. The molecule has 1 rings (SSSR count). The van der Waals surface area contributed by atoms with Crippen LogP contribution in [0.4, 0.5) is 0 Å². The Morgan fingerprint density at radius 2 is 2.00 bits per heavy atom. The Labute approximate surface area is 91.2 Å². The van der Waals surface area contributed by atoms with Gasteiger partial charge in [-0.15, -0.1) is 0 Å². The van der Waals surface area contributed by atoms with Crippen LogP contribution in [-0.2, 0) is 9.53 Å². The minimum atomic E-state index is -0.511. The molecule has 0 saturated carbocycles. The number of piperazine rings is 1. The summed E-state index contributed by atoms with van der Waals surface area (Å²) in [5.74, 6) is 0.00704. The van der Waals surface area contributed by atoms with E-state index < -0.39 is 6.04 Å². The van der Waals surface area contributed by atoms with Crippen LogP contribution in [0.25, 0.3) is 0 Å². The monoisotopic (exact) mass is 215 g/mol. The number of amides is 1. The van der Waals surface area contributed by atoms with E-state index in [1.807, 2.05) is 4.90 Å². The maximum Gasteiger partial charge on any atom is 0.241 e. The van der Waals surface area contributed by atoms with Gasteiger partial charge in [0, 0.05) is 33.3 Å². The Hall–Kier alpha value is -0.650. The van der Waals surface area contributed by atoms with Crippen LogP contribution >= 0.6 is 0 Å². The van der Waals surface area contributed by atoms with Gasteiger partial charge in [0.1, 0.15) is 6.04 Å². The highest BCUT2D eigenvalue weighted by Gasteiger charge is 2.24. The summed E-state index contributed by atoms with van der Waals surface area (Å²) < 4.78 is 4.87. The highest BCUT2D eigenvalue weighted by atomic mass is 16.5. The van der Waals surface area contributed by atoms with E-state index in [2.05, 4.69) is 11.8 Å². The van der Waals surface area contributed by atoms with Crippen molar-refractivity contribution in [3.8, 4) is 0 Å². The number of carbonyl (C=O) groups excluding carboxylic acids is 1. The molecule has 2 N–H and O–H groups in total. The van der Waals surface area contributed by atoms with Gasteiger partial charge in [-0.25, -0.2) is 0 Å². The summed E-state index contributed by atoms with van der Waals surface area (Å²) in [6, 6.07) is -0.511. The van der Waals surface area contributed by atoms with E-state index in [1.54, 1.807) is 7.11 Å². The molecule has 0 aromatic heterocycles. The molecule has 1 fully saturated rings. The van der Waals surface area contributed by atoms with Crippen LogP contribution < -0.4 is 5.73 Å². The average Bonchev–Trinajstić information content (AvgIpc) is 2.28. The van der Waals surface area contributed by atoms with Gasteiger partial charge in [0.05, 0.1) is 6.61 Å². The summed E-state index contributed by atoms with van der Waals surface area (Å²) in [6.07, 6.45) is 0. The summed E-state index contributed by atoms with van der Waals surface area (Å²) in [4.78, 5) is 15.9. The molecule has 1 aliphatic heterocycles. The molecule has 1 amide bonds. The second-order valence-electron chi connectivity index (χ2n) is 3.82. The third-order valence-electron chi connectivity index (χ3n) is 2.79. The highest BCUT2D eigenvalue weighted by Crippen LogP contribution is 2.03. The van der Waals surface area contributed by atoms with Gasteiger partial charge in [-0.2, -0.15) is 0 Å². The van der Waals surface area contributed by atoms with Crippen molar-refractivity contribution in [3.63, 3.8) is 0 Å². The molecule has 1 saturated heterocycles. The van der Waals surface area contributed by atoms with Crippen LogP contribution in [-0.4, -0.2) is 68.2 Å². The van der Waals surface area contributed by atoms with Crippen molar-refractivity contribution in [1.82, 2.24) is 9.80 Å². The molecule has 88 valence electrons. The highest BCUT2D eigenvalue weighted by molar-refractivity contribution is 5.81. The standard InChI is InChI=1S/C10H21N3O2/c1-3-12-4-6-13(7-5-12)10(14)9(11)8-15-2/h9H,3-8,11H2,1-2H3. The SMILES string of the molecule is CCN1CCN(C(=O)C(N)COC)CC1. The van der Waals surface area contributed by atoms with E-state index >= 15 is 0 Å². The predicted octanol–water partition coefficient (Wildman–Crippen LogP) is -0.876. The minimum Gasteiger partial charge on any atom is -0.383 e. The van der Waals surface area contributed by atoms with Crippen molar-refractivity contribution >= 4 is 5.91 Å². The van der Waals surface area contributed by atoms with Crippen molar-refractivity contribution in [2.75, 3.05) is 46.4 Å². The van der Waals surface area contributed by atoms with E-state index in [9.17, 15) is 4.79 Å². The molecule has 1 atom stereocenters. The summed E-state index contributed by atoms with van der Waals surface area (Å²) >= 11 is 0. The number of nitrogens with two attached hydrogens (primary N) is 1. The summed E-state index contributed by atoms with van der Waals surface area (Å²) in [5, 5.41) is 0. The quantitative estimate of drug-likeness (QED) is 0.662. The smallest absolute Gasteiger partial charge is 0.241 e. The Bertz CT molecular complexity index is 203. The summed E-state index contributed by atoms with van der Waals surface area (Å²) in [6.45, 7) is 6.94. The van der Waals surface area contributed by atoms with Gasteiger partial charge in [0.2, 0.25) is 5.91 Å². The lowest BCUT2D eigenvalue weighted by Crippen LogP contribution is -2.54. The van der Waals surface area contributed by atoms with E-state index in [0.29, 0.717) is 6.61 Å². The lowest BCUT2D eigenvalue weighted by molar-refractivity contribution is -0.135. The second-order valence-corrected chi connectivity index (χ2v) is 3.82. The first-order chi connectivity index (χ1) is 7.19. The zero-order valence-corrected chi connectivity index (χ0v) is 9.61. The first-order valence-electron chi connectivity index (χ1n) is 5.44. The maximum absolute atomic E-state index is 11.8. The Kier molecular flexibility index (Phi) is 5.01. The molecule has 1 aliphatic rings. The first kappa shape index (κ1) is 12.4. The lowest BCUT2D eigenvalue weighted by Gasteiger charge is -2.35. The summed E-state index contributed by atoms with van der Waals surface area (Å²) in [5.41, 5.74) is 5.70. The lowest BCUT2D eigenvalue weighted by atomic mass is 10.2. The van der Waals surface area contributed by atoms with Crippen molar-refractivity contribution in [1.29, 1.82) is 0 Å². The molecule has 1 unspecified atom stereocenters. The number of ether oxygens (including phenoxy) is 1. The summed E-state index contributed by atoms with van der Waals surface area (Å²) in [7, 11) is 1.56. The molecular weight excluding hydrogens is 194 g/mol. The van der Waals surface area contributed by atoms with Crippen molar-refractivity contribution < 1.29 is 9.53 Å². The third-order valence-corrected chi connectivity index (χ3v) is 2.79. The molecular formula is C10H21N3O2. The number of nitrogens with zero attached hydrogens (tertiary/aromatic N) is 2. The van der Waals surface area contributed by atoms with Crippen LogP contribution in [0.3, 0.4) is 0 Å². The van der Waals surface area contributed by atoms with Crippen LogP contribution in [0.5, 0.6) is 0 Å². The normalized spacial score (nSPS) is 20.3. The van der Waals surface area contributed by atoms with Gasteiger partial charge in [-0.3, -0.25) is 4.79 Å². The predicted molar refractivity (Wildman–Crippen MR) is 58.5 cm³/mol. The maximum atomic E-state index is 11.8. The number of hydrogen-bond acceptors (Lipinski definition) is 4.